The highest BCUT2D eigenvalue weighted by atomic mass is 35.5. The second-order valence-electron chi connectivity index (χ2n) is 5.51. The fraction of sp³-hybridized carbons (Fsp3) is 0.467. The van der Waals surface area contributed by atoms with Gasteiger partial charge >= 0.3 is 6.03 Å². The van der Waals surface area contributed by atoms with E-state index < -0.39 is 6.10 Å². The van der Waals surface area contributed by atoms with Crippen LogP contribution < -0.4 is 5.32 Å². The number of aromatic nitrogens is 2. The molecule has 2 atom stereocenters. The van der Waals surface area contributed by atoms with E-state index >= 15 is 0 Å². The molecule has 0 fully saturated rings. The SMILES string of the molecule is C[C@H](NC(=O)N(C)CC[C@@H](C)O)c1nc2ccc(Cl)cc2[nH]1. The maximum Gasteiger partial charge on any atom is 0.317 e. The van der Waals surface area contributed by atoms with Crippen molar-refractivity contribution in [2.45, 2.75) is 32.4 Å². The van der Waals surface area contributed by atoms with E-state index in [0.717, 1.165) is 11.0 Å². The van der Waals surface area contributed by atoms with Crippen molar-refractivity contribution >= 4 is 28.7 Å². The maximum atomic E-state index is 12.1. The monoisotopic (exact) mass is 324 g/mol. The molecule has 7 heteroatoms. The molecule has 0 spiro atoms. The van der Waals surface area contributed by atoms with Crippen LogP contribution in [0.25, 0.3) is 11.0 Å². The third-order valence-electron chi connectivity index (χ3n) is 3.44. The van der Waals surface area contributed by atoms with E-state index in [1.54, 1.807) is 31.0 Å². The molecule has 2 aromatic rings. The van der Waals surface area contributed by atoms with Crippen LogP contribution >= 0.6 is 11.6 Å². The Hall–Kier alpha value is -1.79. The third kappa shape index (κ3) is 4.11. The lowest BCUT2D eigenvalue weighted by Gasteiger charge is -2.21. The minimum atomic E-state index is -0.423. The molecule has 2 rings (SSSR count). The van der Waals surface area contributed by atoms with E-state index in [9.17, 15) is 9.90 Å². The van der Waals surface area contributed by atoms with Crippen LogP contribution in [0, 0.1) is 0 Å². The Bertz CT molecular complexity index is 656. The summed E-state index contributed by atoms with van der Waals surface area (Å²) in [5.74, 6) is 0.676. The van der Waals surface area contributed by atoms with Gasteiger partial charge in [-0.2, -0.15) is 0 Å². The highest BCUT2D eigenvalue weighted by Gasteiger charge is 2.16. The number of hydrogen-bond donors (Lipinski definition) is 3. The number of aliphatic hydroxyl groups excluding tert-OH is 1. The van der Waals surface area contributed by atoms with Gasteiger partial charge in [-0.3, -0.25) is 0 Å². The van der Waals surface area contributed by atoms with Crippen LogP contribution in [0.1, 0.15) is 32.1 Å². The lowest BCUT2D eigenvalue weighted by molar-refractivity contribution is 0.162. The van der Waals surface area contributed by atoms with E-state index in [1.807, 2.05) is 13.0 Å². The fourth-order valence-electron chi connectivity index (χ4n) is 2.05. The highest BCUT2D eigenvalue weighted by molar-refractivity contribution is 6.31. The van der Waals surface area contributed by atoms with Gasteiger partial charge in [0.2, 0.25) is 0 Å². The number of urea groups is 1. The number of aliphatic hydroxyl groups is 1. The first kappa shape index (κ1) is 16.6. The number of rotatable bonds is 5. The normalized spacial score (nSPS) is 13.9. The van der Waals surface area contributed by atoms with Crippen molar-refractivity contribution < 1.29 is 9.90 Å². The second-order valence-corrected chi connectivity index (χ2v) is 5.95. The van der Waals surface area contributed by atoms with Crippen LogP contribution in [0.2, 0.25) is 5.02 Å². The van der Waals surface area contributed by atoms with Gasteiger partial charge in [0.1, 0.15) is 5.82 Å². The molecule has 0 saturated carbocycles. The molecule has 1 heterocycles. The molecule has 3 N–H and O–H groups in total. The topological polar surface area (TPSA) is 81.2 Å². The largest absolute Gasteiger partial charge is 0.393 e. The van der Waals surface area contributed by atoms with Crippen LogP contribution in [-0.2, 0) is 0 Å². The molecule has 0 unspecified atom stereocenters. The number of carbonyl (C=O) groups excluding carboxylic acids is 1. The average molecular weight is 325 g/mol. The summed E-state index contributed by atoms with van der Waals surface area (Å²) in [6, 6.07) is 4.96. The summed E-state index contributed by atoms with van der Waals surface area (Å²) in [4.78, 5) is 21.2. The molecule has 120 valence electrons. The zero-order valence-electron chi connectivity index (χ0n) is 12.9. The second kappa shape index (κ2) is 6.98. The Morgan fingerprint density at radius 2 is 2.23 bits per heavy atom. The van der Waals surface area contributed by atoms with Crippen molar-refractivity contribution in [1.82, 2.24) is 20.2 Å². The molecular weight excluding hydrogens is 304 g/mol. The number of nitrogens with zero attached hydrogens (tertiary/aromatic N) is 2. The third-order valence-corrected chi connectivity index (χ3v) is 3.68. The fourth-order valence-corrected chi connectivity index (χ4v) is 2.22. The number of nitrogens with one attached hydrogen (secondary N) is 2. The van der Waals surface area contributed by atoms with Crippen molar-refractivity contribution in [2.24, 2.45) is 0 Å². The van der Waals surface area contributed by atoms with E-state index in [-0.39, 0.29) is 12.1 Å². The summed E-state index contributed by atoms with van der Waals surface area (Å²) < 4.78 is 0. The minimum absolute atomic E-state index is 0.202. The maximum absolute atomic E-state index is 12.1. The Morgan fingerprint density at radius 1 is 1.50 bits per heavy atom. The number of benzene rings is 1. The summed E-state index contributed by atoms with van der Waals surface area (Å²) in [5.41, 5.74) is 1.65. The van der Waals surface area contributed by atoms with E-state index in [2.05, 4.69) is 15.3 Å². The lowest BCUT2D eigenvalue weighted by atomic mass is 10.3. The Morgan fingerprint density at radius 3 is 2.91 bits per heavy atom. The molecule has 1 aromatic carbocycles. The molecule has 0 aliphatic carbocycles. The summed E-state index contributed by atoms with van der Waals surface area (Å²) >= 11 is 5.95. The van der Waals surface area contributed by atoms with Gasteiger partial charge in [0.25, 0.3) is 0 Å². The van der Waals surface area contributed by atoms with Crippen molar-refractivity contribution in [3.8, 4) is 0 Å². The molecule has 0 saturated heterocycles. The van der Waals surface area contributed by atoms with Crippen molar-refractivity contribution in [3.63, 3.8) is 0 Å². The van der Waals surface area contributed by atoms with Crippen LogP contribution in [0.15, 0.2) is 18.2 Å². The molecule has 0 aliphatic rings. The zero-order valence-corrected chi connectivity index (χ0v) is 13.7. The Labute approximate surface area is 134 Å². The first-order valence-corrected chi connectivity index (χ1v) is 7.59. The summed E-state index contributed by atoms with van der Waals surface area (Å²) in [7, 11) is 1.70. The summed E-state index contributed by atoms with van der Waals surface area (Å²) in [6.45, 7) is 4.06. The molecule has 6 nitrogen and oxygen atoms in total. The number of hydrogen-bond acceptors (Lipinski definition) is 3. The smallest absolute Gasteiger partial charge is 0.317 e. The van der Waals surface area contributed by atoms with Crippen LogP contribution in [0.5, 0.6) is 0 Å². The minimum Gasteiger partial charge on any atom is -0.393 e. The first-order valence-electron chi connectivity index (χ1n) is 7.21. The molecular formula is C15H21ClN4O2. The molecule has 22 heavy (non-hydrogen) atoms. The number of amides is 2. The van der Waals surface area contributed by atoms with Gasteiger partial charge in [-0.05, 0) is 38.5 Å². The zero-order chi connectivity index (χ0) is 16.3. The van der Waals surface area contributed by atoms with Gasteiger partial charge in [-0.15, -0.1) is 0 Å². The number of imidazole rings is 1. The highest BCUT2D eigenvalue weighted by Crippen LogP contribution is 2.19. The van der Waals surface area contributed by atoms with Gasteiger partial charge in [0.15, 0.2) is 0 Å². The quantitative estimate of drug-likeness (QED) is 0.791. The van der Waals surface area contributed by atoms with E-state index in [1.165, 1.54) is 0 Å². The van der Waals surface area contributed by atoms with Gasteiger partial charge in [-0.25, -0.2) is 9.78 Å². The molecule has 0 aliphatic heterocycles. The Balaban J connectivity index is 2.00. The van der Waals surface area contributed by atoms with Crippen molar-refractivity contribution in [1.29, 1.82) is 0 Å². The number of aromatic amines is 1. The summed E-state index contributed by atoms with van der Waals surface area (Å²) in [6.07, 6.45) is 0.120. The van der Waals surface area contributed by atoms with Crippen LogP contribution in [0.4, 0.5) is 4.79 Å². The number of halogens is 1. The number of H-pyrrole nitrogens is 1. The van der Waals surface area contributed by atoms with Crippen LogP contribution in [-0.4, -0.2) is 45.7 Å². The van der Waals surface area contributed by atoms with Gasteiger partial charge in [0.05, 0.1) is 23.2 Å². The predicted molar refractivity (Wildman–Crippen MR) is 87.0 cm³/mol. The predicted octanol–water partition coefficient (Wildman–Crippen LogP) is 2.69. The average Bonchev–Trinajstić information content (AvgIpc) is 2.87. The molecule has 0 bridgehead atoms. The number of carbonyl (C=O) groups is 1. The molecule has 1 aromatic heterocycles. The first-order chi connectivity index (χ1) is 10.4. The summed E-state index contributed by atoms with van der Waals surface area (Å²) in [5, 5.41) is 12.8. The number of fused-ring (bicyclic) bond motifs is 1. The van der Waals surface area contributed by atoms with Crippen molar-refractivity contribution in [3.05, 3.63) is 29.0 Å². The van der Waals surface area contributed by atoms with E-state index in [4.69, 9.17) is 11.6 Å². The van der Waals surface area contributed by atoms with Gasteiger partial charge < -0.3 is 20.3 Å². The Kier molecular flexibility index (Phi) is 5.26. The van der Waals surface area contributed by atoms with Gasteiger partial charge in [-0.1, -0.05) is 11.6 Å². The molecule has 2 amide bonds. The van der Waals surface area contributed by atoms with Crippen LogP contribution in [0.3, 0.4) is 0 Å². The standard InChI is InChI=1S/C15H21ClN4O2/c1-9(21)6-7-20(3)15(22)17-10(2)14-18-12-5-4-11(16)8-13(12)19-14/h4-5,8-10,21H,6-7H2,1-3H3,(H,17,22)(H,18,19)/t9-,10+/m1/s1. The van der Waals surface area contributed by atoms with E-state index in [0.29, 0.717) is 23.8 Å². The van der Waals surface area contributed by atoms with Gasteiger partial charge in [0, 0.05) is 18.6 Å². The van der Waals surface area contributed by atoms with Crippen molar-refractivity contribution in [2.75, 3.05) is 13.6 Å². The lowest BCUT2D eigenvalue weighted by Crippen LogP contribution is -2.39. The molecule has 0 radical (unpaired) electrons.